The largest absolute Gasteiger partial charge is 0.380 e. The van der Waals surface area contributed by atoms with Gasteiger partial charge in [0.05, 0.1) is 5.69 Å². The van der Waals surface area contributed by atoms with Gasteiger partial charge in [0.2, 0.25) is 0 Å². The molecule has 2 unspecified atom stereocenters. The summed E-state index contributed by atoms with van der Waals surface area (Å²) in [5.74, 6) is 1.39. The van der Waals surface area contributed by atoms with Crippen LogP contribution in [0.2, 0.25) is 0 Å². The van der Waals surface area contributed by atoms with Crippen molar-refractivity contribution >= 4 is 5.69 Å². The molecule has 100 valence electrons. The van der Waals surface area contributed by atoms with Gasteiger partial charge in [0.1, 0.15) is 5.82 Å². The molecule has 2 atom stereocenters. The number of halogens is 1. The Hall–Kier alpha value is -1.05. The maximum atomic E-state index is 13.8. The van der Waals surface area contributed by atoms with Crippen LogP contribution in [0.1, 0.15) is 45.1 Å². The number of aryl methyl sites for hydroxylation is 1. The average Bonchev–Trinajstić information content (AvgIpc) is 2.33. The smallest absolute Gasteiger partial charge is 0.146 e. The molecular formula is C16H24FN. The normalized spacial score (nSPS) is 24.3. The van der Waals surface area contributed by atoms with Crippen molar-refractivity contribution in [1.82, 2.24) is 0 Å². The van der Waals surface area contributed by atoms with Gasteiger partial charge in [0, 0.05) is 6.04 Å². The minimum absolute atomic E-state index is 0.123. The number of rotatable bonds is 3. The van der Waals surface area contributed by atoms with Gasteiger partial charge < -0.3 is 5.32 Å². The summed E-state index contributed by atoms with van der Waals surface area (Å²) in [7, 11) is 0. The lowest BCUT2D eigenvalue weighted by Gasteiger charge is -2.32. The molecule has 0 radical (unpaired) electrons. The van der Waals surface area contributed by atoms with Gasteiger partial charge in [0.15, 0.2) is 0 Å². The lowest BCUT2D eigenvalue weighted by atomic mass is 9.79. The Morgan fingerprint density at radius 3 is 2.72 bits per heavy atom. The highest BCUT2D eigenvalue weighted by Crippen LogP contribution is 2.32. The predicted octanol–water partition coefficient (Wildman–Crippen LogP) is 4.76. The van der Waals surface area contributed by atoms with Crippen molar-refractivity contribution < 1.29 is 4.39 Å². The molecule has 1 N–H and O–H groups in total. The number of benzene rings is 1. The molecule has 0 amide bonds. The fourth-order valence-electron chi connectivity index (χ4n) is 2.92. The molecule has 0 saturated heterocycles. The maximum Gasteiger partial charge on any atom is 0.146 e. The molecule has 18 heavy (non-hydrogen) atoms. The van der Waals surface area contributed by atoms with Crippen LogP contribution < -0.4 is 5.32 Å². The van der Waals surface area contributed by atoms with E-state index in [4.69, 9.17) is 0 Å². The van der Waals surface area contributed by atoms with Gasteiger partial charge in [-0.05, 0) is 49.3 Å². The minimum atomic E-state index is -0.123. The van der Waals surface area contributed by atoms with E-state index in [-0.39, 0.29) is 5.82 Å². The van der Waals surface area contributed by atoms with Gasteiger partial charge in [-0.1, -0.05) is 32.8 Å². The lowest BCUT2D eigenvalue weighted by molar-refractivity contribution is 0.264. The molecule has 1 aromatic carbocycles. The molecule has 1 fully saturated rings. The van der Waals surface area contributed by atoms with Crippen molar-refractivity contribution in [2.45, 2.75) is 52.5 Å². The van der Waals surface area contributed by atoms with Crippen LogP contribution in [0, 0.1) is 24.6 Å². The molecule has 1 aliphatic carbocycles. The summed E-state index contributed by atoms with van der Waals surface area (Å²) in [6, 6.07) is 5.87. The van der Waals surface area contributed by atoms with E-state index in [2.05, 4.69) is 19.2 Å². The van der Waals surface area contributed by atoms with Gasteiger partial charge in [-0.15, -0.1) is 0 Å². The van der Waals surface area contributed by atoms with E-state index in [1.165, 1.54) is 19.3 Å². The van der Waals surface area contributed by atoms with Gasteiger partial charge in [-0.25, -0.2) is 4.39 Å². The third-order valence-electron chi connectivity index (χ3n) is 4.14. The first-order valence-electron chi connectivity index (χ1n) is 7.09. The lowest BCUT2D eigenvalue weighted by Crippen LogP contribution is -2.29. The first kappa shape index (κ1) is 13.4. The maximum absolute atomic E-state index is 13.8. The molecule has 1 aromatic rings. The zero-order valence-electron chi connectivity index (χ0n) is 11.7. The summed E-state index contributed by atoms with van der Waals surface area (Å²) < 4.78 is 13.8. The van der Waals surface area contributed by atoms with Gasteiger partial charge in [0.25, 0.3) is 0 Å². The SMILES string of the molecule is Cc1ccc(NC2CCCC(C(C)C)C2)c(F)c1. The summed E-state index contributed by atoms with van der Waals surface area (Å²) in [6.45, 7) is 6.50. The van der Waals surface area contributed by atoms with Crippen molar-refractivity contribution in [1.29, 1.82) is 0 Å². The Labute approximate surface area is 110 Å². The summed E-state index contributed by atoms with van der Waals surface area (Å²) in [5, 5.41) is 3.39. The highest BCUT2D eigenvalue weighted by molar-refractivity contribution is 5.47. The summed E-state index contributed by atoms with van der Waals surface area (Å²) in [4.78, 5) is 0. The van der Waals surface area contributed by atoms with Crippen LogP contribution in [-0.2, 0) is 0 Å². The number of hydrogen-bond donors (Lipinski definition) is 1. The standard InChI is InChI=1S/C16H24FN/c1-11(2)13-5-4-6-14(10-13)18-16-8-7-12(3)9-15(16)17/h7-9,11,13-14,18H,4-6,10H2,1-3H3. The fourth-order valence-corrected chi connectivity index (χ4v) is 2.92. The monoisotopic (exact) mass is 249 g/mol. The molecule has 0 spiro atoms. The second-order valence-electron chi connectivity index (χ2n) is 6.00. The van der Waals surface area contributed by atoms with Crippen molar-refractivity contribution in [3.8, 4) is 0 Å². The zero-order valence-corrected chi connectivity index (χ0v) is 11.7. The van der Waals surface area contributed by atoms with Crippen LogP contribution in [0.25, 0.3) is 0 Å². The van der Waals surface area contributed by atoms with E-state index in [0.29, 0.717) is 11.7 Å². The molecule has 0 bridgehead atoms. The highest BCUT2D eigenvalue weighted by atomic mass is 19.1. The first-order valence-corrected chi connectivity index (χ1v) is 7.09. The average molecular weight is 249 g/mol. The van der Waals surface area contributed by atoms with E-state index in [9.17, 15) is 4.39 Å². The Morgan fingerprint density at radius 2 is 2.06 bits per heavy atom. The number of anilines is 1. The first-order chi connectivity index (χ1) is 8.56. The summed E-state index contributed by atoms with van der Waals surface area (Å²) >= 11 is 0. The van der Waals surface area contributed by atoms with E-state index >= 15 is 0 Å². The molecule has 2 rings (SSSR count). The molecular weight excluding hydrogens is 225 g/mol. The van der Waals surface area contributed by atoms with E-state index < -0.39 is 0 Å². The van der Waals surface area contributed by atoms with Crippen molar-refractivity contribution in [2.75, 3.05) is 5.32 Å². The predicted molar refractivity (Wildman–Crippen MR) is 75.3 cm³/mol. The molecule has 1 nitrogen and oxygen atoms in total. The molecule has 1 aliphatic rings. The molecule has 0 heterocycles. The van der Waals surface area contributed by atoms with Gasteiger partial charge >= 0.3 is 0 Å². The molecule has 0 aromatic heterocycles. The van der Waals surface area contributed by atoms with Crippen molar-refractivity contribution in [2.24, 2.45) is 11.8 Å². The third-order valence-corrected chi connectivity index (χ3v) is 4.14. The van der Waals surface area contributed by atoms with E-state index in [0.717, 1.165) is 23.8 Å². The number of hydrogen-bond acceptors (Lipinski definition) is 1. The summed E-state index contributed by atoms with van der Waals surface area (Å²) in [5.41, 5.74) is 1.64. The van der Waals surface area contributed by atoms with Crippen LogP contribution in [0.3, 0.4) is 0 Å². The second-order valence-corrected chi connectivity index (χ2v) is 6.00. The van der Waals surface area contributed by atoms with Crippen LogP contribution >= 0.6 is 0 Å². The van der Waals surface area contributed by atoms with Crippen LogP contribution in [0.15, 0.2) is 18.2 Å². The third kappa shape index (κ3) is 3.24. The second kappa shape index (κ2) is 5.73. The Balaban J connectivity index is 2.00. The fraction of sp³-hybridized carbons (Fsp3) is 0.625. The van der Waals surface area contributed by atoms with Crippen molar-refractivity contribution in [3.63, 3.8) is 0 Å². The number of nitrogens with one attached hydrogen (secondary N) is 1. The van der Waals surface area contributed by atoms with Crippen molar-refractivity contribution in [3.05, 3.63) is 29.6 Å². The van der Waals surface area contributed by atoms with Crippen LogP contribution in [0.4, 0.5) is 10.1 Å². The molecule has 1 saturated carbocycles. The minimum Gasteiger partial charge on any atom is -0.380 e. The topological polar surface area (TPSA) is 12.0 Å². The Bertz CT molecular complexity index is 400. The van der Waals surface area contributed by atoms with Crippen LogP contribution in [-0.4, -0.2) is 6.04 Å². The Morgan fingerprint density at radius 1 is 1.28 bits per heavy atom. The van der Waals surface area contributed by atoms with E-state index in [1.807, 2.05) is 19.1 Å². The molecule has 0 aliphatic heterocycles. The Kier molecular flexibility index (Phi) is 4.26. The van der Waals surface area contributed by atoms with Crippen LogP contribution in [0.5, 0.6) is 0 Å². The zero-order chi connectivity index (χ0) is 13.1. The quantitative estimate of drug-likeness (QED) is 0.814. The van der Waals surface area contributed by atoms with E-state index in [1.54, 1.807) is 6.07 Å². The highest BCUT2D eigenvalue weighted by Gasteiger charge is 2.24. The molecule has 2 heteroatoms. The summed E-state index contributed by atoms with van der Waals surface area (Å²) in [6.07, 6.45) is 4.92. The van der Waals surface area contributed by atoms with Gasteiger partial charge in [-0.3, -0.25) is 0 Å². The van der Waals surface area contributed by atoms with Gasteiger partial charge in [-0.2, -0.15) is 0 Å².